The highest BCUT2D eigenvalue weighted by molar-refractivity contribution is 5.78. The molecular formula is C24H24F3N3O2. The number of H-pyrrole nitrogens is 1. The Balaban J connectivity index is 1.53. The zero-order valence-corrected chi connectivity index (χ0v) is 17.6. The molecule has 32 heavy (non-hydrogen) atoms. The number of aromatic nitrogens is 2. The summed E-state index contributed by atoms with van der Waals surface area (Å²) in [6.07, 6.45) is -2.08. The molecule has 2 heterocycles. The van der Waals surface area contributed by atoms with E-state index in [0.29, 0.717) is 31.0 Å². The fraction of sp³-hybridized carbons (Fsp3) is 0.333. The van der Waals surface area contributed by atoms with Gasteiger partial charge < -0.3 is 14.6 Å². The molecule has 0 bridgehead atoms. The van der Waals surface area contributed by atoms with Gasteiger partial charge in [-0.05, 0) is 30.5 Å². The van der Waals surface area contributed by atoms with Crippen molar-refractivity contribution >= 4 is 5.91 Å². The zero-order valence-electron chi connectivity index (χ0n) is 17.6. The second kappa shape index (κ2) is 9.06. The summed E-state index contributed by atoms with van der Waals surface area (Å²) in [5.41, 5.74) is 1.73. The second-order valence-corrected chi connectivity index (χ2v) is 7.87. The van der Waals surface area contributed by atoms with E-state index in [9.17, 15) is 18.0 Å². The van der Waals surface area contributed by atoms with E-state index < -0.39 is 24.4 Å². The summed E-state index contributed by atoms with van der Waals surface area (Å²) in [4.78, 5) is 22.2. The van der Waals surface area contributed by atoms with Gasteiger partial charge in [-0.2, -0.15) is 13.2 Å². The molecule has 1 saturated heterocycles. The Labute approximate surface area is 184 Å². The average Bonchev–Trinajstić information content (AvgIpc) is 3.47. The number of imidazole rings is 1. The highest BCUT2D eigenvalue weighted by atomic mass is 19.4. The predicted molar refractivity (Wildman–Crippen MR) is 114 cm³/mol. The van der Waals surface area contributed by atoms with Gasteiger partial charge >= 0.3 is 6.18 Å². The number of hydrogen-bond acceptors (Lipinski definition) is 3. The van der Waals surface area contributed by atoms with E-state index in [1.807, 2.05) is 24.3 Å². The smallest absolute Gasteiger partial charge is 0.396 e. The number of benzene rings is 2. The van der Waals surface area contributed by atoms with Gasteiger partial charge in [-0.1, -0.05) is 42.5 Å². The maximum absolute atomic E-state index is 13.7. The Kier molecular flexibility index (Phi) is 6.21. The number of rotatable bonds is 6. The summed E-state index contributed by atoms with van der Waals surface area (Å²) in [6, 6.07) is 14.7. The molecule has 4 rings (SSSR count). The standard InChI is InChI=1S/C24H24F3N3O2/c1-32-18-10-5-9-17(13-18)20-15-28-23(29-20)21-11-6-12-30(21)22(31)14-19(24(25,26)27)16-7-3-2-4-8-16/h2-5,7-10,13,15,19,21H,6,11-12,14H2,1H3,(H,28,29)/t19-,21-/m0/s1. The van der Waals surface area contributed by atoms with Crippen molar-refractivity contribution in [2.45, 2.75) is 37.4 Å². The van der Waals surface area contributed by atoms with Crippen molar-refractivity contribution in [1.82, 2.24) is 14.9 Å². The molecule has 2 aromatic carbocycles. The van der Waals surface area contributed by atoms with Crippen LogP contribution in [0.25, 0.3) is 11.3 Å². The lowest BCUT2D eigenvalue weighted by Crippen LogP contribution is -2.34. The molecule has 0 radical (unpaired) electrons. The SMILES string of the molecule is COc1cccc(-c2cnc([C@@H]3CCCN3C(=O)C[C@@H](c3ccccc3)C(F)(F)F)[nH]2)c1. The van der Waals surface area contributed by atoms with E-state index in [1.165, 1.54) is 17.0 Å². The summed E-state index contributed by atoms with van der Waals surface area (Å²) in [7, 11) is 1.59. The second-order valence-electron chi connectivity index (χ2n) is 7.87. The van der Waals surface area contributed by atoms with Crippen LogP contribution in [0.5, 0.6) is 5.75 Å². The molecule has 1 amide bonds. The number of likely N-dealkylation sites (tertiary alicyclic amines) is 1. The Morgan fingerprint density at radius 2 is 2.00 bits per heavy atom. The molecule has 168 valence electrons. The molecule has 8 heteroatoms. The van der Waals surface area contributed by atoms with E-state index in [0.717, 1.165) is 11.3 Å². The molecule has 1 N–H and O–H groups in total. The molecule has 1 aromatic heterocycles. The van der Waals surface area contributed by atoms with Crippen LogP contribution in [0, 0.1) is 0 Å². The van der Waals surface area contributed by atoms with Crippen LogP contribution in [0.3, 0.4) is 0 Å². The summed E-state index contributed by atoms with van der Waals surface area (Å²) in [5, 5.41) is 0. The summed E-state index contributed by atoms with van der Waals surface area (Å²) >= 11 is 0. The highest BCUT2D eigenvalue weighted by Gasteiger charge is 2.44. The largest absolute Gasteiger partial charge is 0.497 e. The van der Waals surface area contributed by atoms with Crippen molar-refractivity contribution in [3.8, 4) is 17.0 Å². The molecule has 0 unspecified atom stereocenters. The Morgan fingerprint density at radius 3 is 2.72 bits per heavy atom. The number of alkyl halides is 3. The van der Waals surface area contributed by atoms with Gasteiger partial charge in [-0.25, -0.2) is 4.98 Å². The van der Waals surface area contributed by atoms with Crippen molar-refractivity contribution < 1.29 is 22.7 Å². The lowest BCUT2D eigenvalue weighted by Gasteiger charge is -2.27. The normalized spacial score (nSPS) is 17.4. The average molecular weight is 443 g/mol. The van der Waals surface area contributed by atoms with Gasteiger partial charge in [0.2, 0.25) is 5.91 Å². The minimum atomic E-state index is -4.50. The number of carbonyl (C=O) groups excluding carboxylic acids is 1. The van der Waals surface area contributed by atoms with Crippen molar-refractivity contribution in [2.75, 3.05) is 13.7 Å². The maximum atomic E-state index is 13.7. The third kappa shape index (κ3) is 4.64. The van der Waals surface area contributed by atoms with Gasteiger partial charge in [0.05, 0.1) is 31.0 Å². The van der Waals surface area contributed by atoms with Gasteiger partial charge in [0.15, 0.2) is 0 Å². The number of hydrogen-bond donors (Lipinski definition) is 1. The van der Waals surface area contributed by atoms with Crippen LogP contribution in [0.1, 0.15) is 42.6 Å². The van der Waals surface area contributed by atoms with Crippen LogP contribution in [0.4, 0.5) is 13.2 Å². The van der Waals surface area contributed by atoms with Crippen molar-refractivity contribution in [2.24, 2.45) is 0 Å². The van der Waals surface area contributed by atoms with E-state index in [4.69, 9.17) is 4.74 Å². The van der Waals surface area contributed by atoms with Gasteiger partial charge in [-0.3, -0.25) is 4.79 Å². The first-order chi connectivity index (χ1) is 15.4. The first-order valence-corrected chi connectivity index (χ1v) is 10.5. The topological polar surface area (TPSA) is 58.2 Å². The highest BCUT2D eigenvalue weighted by Crippen LogP contribution is 2.40. The molecule has 1 fully saturated rings. The van der Waals surface area contributed by atoms with Crippen LogP contribution < -0.4 is 4.74 Å². The predicted octanol–water partition coefficient (Wildman–Crippen LogP) is 5.49. The van der Waals surface area contributed by atoms with Crippen molar-refractivity contribution in [3.05, 3.63) is 72.2 Å². The Morgan fingerprint density at radius 1 is 1.22 bits per heavy atom. The monoisotopic (exact) mass is 443 g/mol. The number of nitrogens with zero attached hydrogens (tertiary/aromatic N) is 2. The molecular weight excluding hydrogens is 419 g/mol. The van der Waals surface area contributed by atoms with E-state index in [1.54, 1.807) is 31.5 Å². The number of halogens is 3. The van der Waals surface area contributed by atoms with Crippen LogP contribution >= 0.6 is 0 Å². The van der Waals surface area contributed by atoms with Gasteiger partial charge in [0.25, 0.3) is 0 Å². The Bertz CT molecular complexity index is 1070. The molecule has 0 spiro atoms. The van der Waals surface area contributed by atoms with Crippen molar-refractivity contribution in [1.29, 1.82) is 0 Å². The molecule has 0 aliphatic carbocycles. The van der Waals surface area contributed by atoms with Gasteiger partial charge in [-0.15, -0.1) is 0 Å². The number of amides is 1. The van der Waals surface area contributed by atoms with Crippen LogP contribution in [-0.2, 0) is 4.79 Å². The quantitative estimate of drug-likeness (QED) is 0.549. The zero-order chi connectivity index (χ0) is 22.7. The molecule has 0 saturated carbocycles. The molecule has 5 nitrogen and oxygen atoms in total. The number of aromatic amines is 1. The lowest BCUT2D eigenvalue weighted by molar-refractivity contribution is -0.161. The number of carbonyl (C=O) groups is 1. The minimum Gasteiger partial charge on any atom is -0.497 e. The fourth-order valence-corrected chi connectivity index (χ4v) is 4.19. The molecule has 3 aromatic rings. The Hall–Kier alpha value is -3.29. The van der Waals surface area contributed by atoms with E-state index in [2.05, 4.69) is 9.97 Å². The third-order valence-corrected chi connectivity index (χ3v) is 5.84. The molecule has 2 atom stereocenters. The lowest BCUT2D eigenvalue weighted by atomic mass is 9.94. The summed E-state index contributed by atoms with van der Waals surface area (Å²) in [5.74, 6) is -1.06. The molecule has 1 aliphatic heterocycles. The first-order valence-electron chi connectivity index (χ1n) is 10.5. The first kappa shape index (κ1) is 21.9. The van der Waals surface area contributed by atoms with Crippen molar-refractivity contribution in [3.63, 3.8) is 0 Å². The van der Waals surface area contributed by atoms with E-state index >= 15 is 0 Å². The third-order valence-electron chi connectivity index (χ3n) is 5.84. The van der Waals surface area contributed by atoms with Gasteiger partial charge in [0.1, 0.15) is 11.6 Å². The molecule has 1 aliphatic rings. The van der Waals surface area contributed by atoms with Crippen LogP contribution in [-0.4, -0.2) is 40.6 Å². The fourth-order valence-electron chi connectivity index (χ4n) is 4.19. The summed E-state index contributed by atoms with van der Waals surface area (Å²) in [6.45, 7) is 0.415. The maximum Gasteiger partial charge on any atom is 0.396 e. The van der Waals surface area contributed by atoms with Crippen LogP contribution in [0.15, 0.2) is 60.8 Å². The summed E-state index contributed by atoms with van der Waals surface area (Å²) < 4.78 is 46.4. The number of nitrogens with one attached hydrogen (secondary N) is 1. The number of methoxy groups -OCH3 is 1. The number of ether oxygens (including phenoxy) is 1. The van der Waals surface area contributed by atoms with Crippen LogP contribution in [0.2, 0.25) is 0 Å². The minimum absolute atomic E-state index is 0.0995. The van der Waals surface area contributed by atoms with Gasteiger partial charge in [0, 0.05) is 18.5 Å². The van der Waals surface area contributed by atoms with E-state index in [-0.39, 0.29) is 11.6 Å².